The first-order valence-corrected chi connectivity index (χ1v) is 16.8. The first-order chi connectivity index (χ1) is 21.0. The van der Waals surface area contributed by atoms with Crippen molar-refractivity contribution >= 4 is 61.0 Å². The van der Waals surface area contributed by atoms with Gasteiger partial charge < -0.3 is 63.6 Å². The standard InChI is InChI=1S/C22H26N8O11P2S/c23-16-8-1-3-29(17(8)26-7-25-16)21-15-12(31)10(38-21)5-36-42(34)40-14-11(6-37-43(35,44)41-15)39-20(13(14)32)30-4-2-9-18(30)27-22(24)28-19(9)33/h1-4,7,10-15,20-21,31-32,34H,5-6H2,(H,35,44)(H2,23,25,26)(H3,24,27,28,33). The predicted molar refractivity (Wildman–Crippen MR) is 154 cm³/mol. The molecule has 0 aromatic carbocycles. The van der Waals surface area contributed by atoms with Crippen LogP contribution in [0.4, 0.5) is 11.8 Å². The predicted octanol–water partition coefficient (Wildman–Crippen LogP) is -0.896. The van der Waals surface area contributed by atoms with Gasteiger partial charge in [-0.15, -0.1) is 0 Å². The van der Waals surface area contributed by atoms with E-state index in [1.165, 1.54) is 27.7 Å². The summed E-state index contributed by atoms with van der Waals surface area (Å²) in [5.74, 6) is 0.0691. The summed E-state index contributed by atoms with van der Waals surface area (Å²) in [6.45, 7) is -4.99. The van der Waals surface area contributed by atoms with Crippen LogP contribution in [0.5, 0.6) is 0 Å². The van der Waals surface area contributed by atoms with Crippen LogP contribution in [0.1, 0.15) is 12.5 Å². The van der Waals surface area contributed by atoms with Crippen LogP contribution in [0.2, 0.25) is 0 Å². The van der Waals surface area contributed by atoms with E-state index in [0.29, 0.717) is 11.0 Å². The molecule has 2 bridgehead atoms. The fourth-order valence-electron chi connectivity index (χ4n) is 5.49. The third-order valence-corrected chi connectivity index (χ3v) is 9.88. The summed E-state index contributed by atoms with van der Waals surface area (Å²) in [4.78, 5) is 48.8. The van der Waals surface area contributed by atoms with Crippen LogP contribution in [0.3, 0.4) is 0 Å². The van der Waals surface area contributed by atoms with Gasteiger partial charge in [-0.05, 0) is 23.9 Å². The van der Waals surface area contributed by atoms with E-state index in [0.717, 1.165) is 0 Å². The number of nitrogens with zero attached hydrogens (tertiary/aromatic N) is 5. The molecule has 19 nitrogen and oxygen atoms in total. The number of hydrogen-bond acceptors (Lipinski definition) is 16. The maximum atomic E-state index is 12.3. The third-order valence-electron chi connectivity index (χ3n) is 7.53. The zero-order valence-corrected chi connectivity index (χ0v) is 24.9. The molecule has 0 amide bonds. The van der Waals surface area contributed by atoms with E-state index in [2.05, 4.69) is 19.9 Å². The van der Waals surface area contributed by atoms with Crippen molar-refractivity contribution in [1.29, 1.82) is 0 Å². The lowest BCUT2D eigenvalue weighted by molar-refractivity contribution is -0.0602. The van der Waals surface area contributed by atoms with Gasteiger partial charge in [0.2, 0.25) is 5.95 Å². The number of nitrogens with two attached hydrogens (primary N) is 2. The molecule has 3 fully saturated rings. The SMILES string of the molecule is Nc1nc2c(ccn2C2OC3COP(O)(=S)OC4C(O)C(COP(O)OC3C2O)OC4n2ccc3c(N)ncnc32)c(=O)[nH]1. The number of H-pyrrole nitrogens is 1. The summed E-state index contributed by atoms with van der Waals surface area (Å²) < 4.78 is 37.6. The van der Waals surface area contributed by atoms with Crippen molar-refractivity contribution in [3.05, 3.63) is 41.2 Å². The number of ether oxygens (including phenoxy) is 2. The molecule has 3 saturated heterocycles. The molecule has 0 radical (unpaired) electrons. The number of aromatic nitrogens is 6. The van der Waals surface area contributed by atoms with Crippen LogP contribution in [0.15, 0.2) is 35.6 Å². The van der Waals surface area contributed by atoms with Gasteiger partial charge in [0.05, 0.1) is 24.0 Å². The Morgan fingerprint density at radius 3 is 2.52 bits per heavy atom. The normalized spacial score (nSPS) is 36.6. The van der Waals surface area contributed by atoms with Gasteiger partial charge in [-0.25, -0.2) is 9.97 Å². The Hall–Kier alpha value is -2.68. The topological polar surface area (TPSA) is 270 Å². The van der Waals surface area contributed by atoms with Gasteiger partial charge in [0.15, 0.2) is 18.1 Å². The number of nitrogens with one attached hydrogen (secondary N) is 1. The molecule has 9 N–H and O–H groups in total. The molecular formula is C22H26N8O11P2S. The molecule has 236 valence electrons. The molecule has 7 heterocycles. The van der Waals surface area contributed by atoms with E-state index in [1.807, 2.05) is 0 Å². The second kappa shape index (κ2) is 11.3. The van der Waals surface area contributed by atoms with E-state index in [9.17, 15) is 24.8 Å². The largest absolute Gasteiger partial charge is 0.387 e. The summed E-state index contributed by atoms with van der Waals surface area (Å²) in [7, 11) is -2.67. The molecule has 22 heteroatoms. The van der Waals surface area contributed by atoms with E-state index in [-0.39, 0.29) is 29.4 Å². The molecule has 10 unspecified atom stereocenters. The molecule has 4 aromatic heterocycles. The third kappa shape index (κ3) is 5.21. The highest BCUT2D eigenvalue weighted by molar-refractivity contribution is 8.07. The van der Waals surface area contributed by atoms with Gasteiger partial charge in [0, 0.05) is 12.4 Å². The zero-order chi connectivity index (χ0) is 30.9. The van der Waals surface area contributed by atoms with Crippen molar-refractivity contribution in [2.45, 2.75) is 49.1 Å². The maximum Gasteiger partial charge on any atom is 0.330 e. The molecule has 3 aliphatic rings. The Morgan fingerprint density at radius 1 is 1.00 bits per heavy atom. The zero-order valence-electron chi connectivity index (χ0n) is 22.3. The second-order valence-electron chi connectivity index (χ2n) is 10.2. The number of hydrogen-bond donors (Lipinski definition) is 7. The van der Waals surface area contributed by atoms with Crippen molar-refractivity contribution in [2.24, 2.45) is 0 Å². The van der Waals surface area contributed by atoms with Gasteiger partial charge in [0.25, 0.3) is 5.56 Å². The summed E-state index contributed by atoms with van der Waals surface area (Å²) in [5.41, 5.74) is 11.7. The van der Waals surface area contributed by atoms with Crippen LogP contribution >= 0.6 is 15.3 Å². The van der Waals surface area contributed by atoms with E-state index in [1.54, 1.807) is 12.3 Å². The molecule has 0 aliphatic carbocycles. The Kier molecular flexibility index (Phi) is 7.69. The van der Waals surface area contributed by atoms with Gasteiger partial charge in [-0.1, -0.05) is 0 Å². The fourth-order valence-corrected chi connectivity index (χ4v) is 7.71. The quantitative estimate of drug-likeness (QED) is 0.127. The van der Waals surface area contributed by atoms with Crippen molar-refractivity contribution < 1.29 is 47.6 Å². The van der Waals surface area contributed by atoms with E-state index < -0.39 is 76.6 Å². The van der Waals surface area contributed by atoms with Crippen LogP contribution < -0.4 is 17.0 Å². The molecule has 0 spiro atoms. The van der Waals surface area contributed by atoms with E-state index >= 15 is 0 Å². The molecule has 7 rings (SSSR count). The monoisotopic (exact) mass is 672 g/mol. The minimum absolute atomic E-state index is 0.126. The van der Waals surface area contributed by atoms with Crippen LogP contribution in [-0.4, -0.2) is 98.9 Å². The highest BCUT2D eigenvalue weighted by Crippen LogP contribution is 2.52. The van der Waals surface area contributed by atoms with Crippen molar-refractivity contribution in [3.8, 4) is 0 Å². The summed E-state index contributed by atoms with van der Waals surface area (Å²) in [6, 6.07) is 3.12. The fraction of sp³-hybridized carbons (Fsp3) is 0.455. The Morgan fingerprint density at radius 2 is 1.73 bits per heavy atom. The van der Waals surface area contributed by atoms with Crippen LogP contribution in [0, 0.1) is 0 Å². The number of aliphatic hydroxyl groups is 2. The molecule has 3 aliphatic heterocycles. The molecule has 0 saturated carbocycles. The van der Waals surface area contributed by atoms with Crippen molar-refractivity contribution in [3.63, 3.8) is 0 Å². The average Bonchev–Trinajstić information content (AvgIpc) is 3.72. The summed E-state index contributed by atoms with van der Waals surface area (Å²) in [5, 5.41) is 23.1. The van der Waals surface area contributed by atoms with Gasteiger partial charge >= 0.3 is 15.3 Å². The van der Waals surface area contributed by atoms with Gasteiger partial charge in [-0.3, -0.25) is 14.3 Å². The van der Waals surface area contributed by atoms with Crippen LogP contribution in [-0.2, 0) is 39.4 Å². The maximum absolute atomic E-state index is 12.3. The number of nitrogen functional groups attached to an aromatic ring is 2. The summed E-state index contributed by atoms with van der Waals surface area (Å²) >= 11 is 5.28. The first-order valence-electron chi connectivity index (χ1n) is 13.1. The van der Waals surface area contributed by atoms with Gasteiger partial charge in [-0.2, -0.15) is 4.98 Å². The number of aromatic amines is 1. The molecule has 10 atom stereocenters. The average molecular weight is 673 g/mol. The smallest absolute Gasteiger partial charge is 0.330 e. The van der Waals surface area contributed by atoms with Crippen molar-refractivity contribution in [1.82, 2.24) is 29.1 Å². The van der Waals surface area contributed by atoms with Gasteiger partial charge in [0.1, 0.15) is 54.4 Å². The molecule has 44 heavy (non-hydrogen) atoms. The summed E-state index contributed by atoms with van der Waals surface area (Å²) in [6.07, 6.45) is -5.57. The minimum Gasteiger partial charge on any atom is -0.387 e. The number of anilines is 2. The number of aliphatic hydroxyl groups excluding tert-OH is 2. The van der Waals surface area contributed by atoms with E-state index in [4.69, 9.17) is 50.8 Å². The highest BCUT2D eigenvalue weighted by Gasteiger charge is 2.51. The lowest BCUT2D eigenvalue weighted by Crippen LogP contribution is -2.35. The Labute approximate surface area is 252 Å². The number of fused-ring (bicyclic) bond motifs is 5. The van der Waals surface area contributed by atoms with Crippen LogP contribution in [0.25, 0.3) is 22.1 Å². The lowest BCUT2D eigenvalue weighted by atomic mass is 10.1. The molecule has 4 aromatic rings. The molecular weight excluding hydrogens is 646 g/mol. The lowest BCUT2D eigenvalue weighted by Gasteiger charge is -2.27. The minimum atomic E-state index is -4.14. The Bertz CT molecular complexity index is 1820. The first kappa shape index (κ1) is 30.0. The highest BCUT2D eigenvalue weighted by atomic mass is 32.5. The number of rotatable bonds is 2. The van der Waals surface area contributed by atoms with Crippen molar-refractivity contribution in [2.75, 3.05) is 24.7 Å². The second-order valence-corrected chi connectivity index (χ2v) is 13.9. The Balaban J connectivity index is 1.18.